The third-order valence-electron chi connectivity index (χ3n) is 4.72. The van der Waals surface area contributed by atoms with Gasteiger partial charge in [-0.2, -0.15) is 5.10 Å². The Hall–Kier alpha value is -3.94. The van der Waals surface area contributed by atoms with Crippen LogP contribution in [0.25, 0.3) is 22.5 Å². The van der Waals surface area contributed by atoms with Crippen LogP contribution in [0.3, 0.4) is 0 Å². The number of hydrogen-bond donors (Lipinski definition) is 2. The average Bonchev–Trinajstić information content (AvgIpc) is 3.42. The normalized spacial score (nSPS) is 11.1. The predicted molar refractivity (Wildman–Crippen MR) is 113 cm³/mol. The zero-order valence-electron chi connectivity index (χ0n) is 16.8. The molecule has 0 fully saturated rings. The molecule has 3 aromatic heterocycles. The first-order valence-corrected chi connectivity index (χ1v) is 9.54. The summed E-state index contributed by atoms with van der Waals surface area (Å²) in [6, 6.07) is 12.1. The molecule has 0 unspecified atom stereocenters. The lowest BCUT2D eigenvalue weighted by atomic mass is 10.1. The third kappa shape index (κ3) is 3.43. The minimum atomic E-state index is -0.366. The predicted octanol–water partition coefficient (Wildman–Crippen LogP) is 3.88. The number of amides is 2. The molecule has 152 valence electrons. The molecule has 2 amide bonds. The van der Waals surface area contributed by atoms with E-state index in [1.807, 2.05) is 13.8 Å². The van der Waals surface area contributed by atoms with Crippen molar-refractivity contribution in [1.82, 2.24) is 20.1 Å². The molecular weight excluding hydrogens is 382 g/mol. The van der Waals surface area contributed by atoms with Crippen molar-refractivity contribution in [2.24, 2.45) is 0 Å². The summed E-state index contributed by atoms with van der Waals surface area (Å²) >= 11 is 0. The van der Waals surface area contributed by atoms with Crippen molar-refractivity contribution in [3.05, 3.63) is 66.1 Å². The zero-order chi connectivity index (χ0) is 21.3. The number of furan rings is 1. The molecule has 0 spiro atoms. The molecule has 4 aromatic rings. The van der Waals surface area contributed by atoms with E-state index in [1.54, 1.807) is 66.7 Å². The third-order valence-corrected chi connectivity index (χ3v) is 4.72. The fourth-order valence-electron chi connectivity index (χ4n) is 3.25. The summed E-state index contributed by atoms with van der Waals surface area (Å²) in [7, 11) is 1.54. The van der Waals surface area contributed by atoms with E-state index in [4.69, 9.17) is 4.42 Å². The Morgan fingerprint density at radius 1 is 1.07 bits per heavy atom. The van der Waals surface area contributed by atoms with Crippen molar-refractivity contribution in [2.45, 2.75) is 19.9 Å². The van der Waals surface area contributed by atoms with E-state index in [9.17, 15) is 9.59 Å². The molecular formula is C22H21N5O3. The lowest BCUT2D eigenvalue weighted by Gasteiger charge is -2.12. The van der Waals surface area contributed by atoms with Gasteiger partial charge in [-0.15, -0.1) is 0 Å². The van der Waals surface area contributed by atoms with Crippen LogP contribution in [-0.4, -0.2) is 33.6 Å². The Morgan fingerprint density at radius 2 is 1.87 bits per heavy atom. The summed E-state index contributed by atoms with van der Waals surface area (Å²) in [5.41, 5.74) is 2.30. The van der Waals surface area contributed by atoms with Crippen molar-refractivity contribution in [3.8, 4) is 11.5 Å². The van der Waals surface area contributed by atoms with Crippen LogP contribution in [0.2, 0.25) is 0 Å². The molecule has 0 bridgehead atoms. The van der Waals surface area contributed by atoms with E-state index >= 15 is 0 Å². The Labute approximate surface area is 172 Å². The van der Waals surface area contributed by atoms with E-state index < -0.39 is 0 Å². The van der Waals surface area contributed by atoms with Crippen molar-refractivity contribution in [3.63, 3.8) is 0 Å². The first-order chi connectivity index (χ1) is 14.5. The van der Waals surface area contributed by atoms with Crippen LogP contribution < -0.4 is 10.6 Å². The van der Waals surface area contributed by atoms with Gasteiger partial charge in [0, 0.05) is 13.1 Å². The quantitative estimate of drug-likeness (QED) is 0.526. The minimum absolute atomic E-state index is 0.0618. The van der Waals surface area contributed by atoms with E-state index in [1.165, 1.54) is 0 Å². The molecule has 8 heteroatoms. The molecule has 1 aromatic carbocycles. The number of carbonyl (C=O) groups is 2. The number of hydrogen-bond acceptors (Lipinski definition) is 5. The number of carbonyl (C=O) groups excluding carboxylic acids is 2. The Balaban J connectivity index is 1.82. The smallest absolute Gasteiger partial charge is 0.256 e. The van der Waals surface area contributed by atoms with E-state index in [2.05, 4.69) is 20.7 Å². The van der Waals surface area contributed by atoms with Crippen LogP contribution in [0.5, 0.6) is 0 Å². The largest absolute Gasteiger partial charge is 0.463 e. The molecule has 0 saturated heterocycles. The van der Waals surface area contributed by atoms with Gasteiger partial charge < -0.3 is 15.1 Å². The monoisotopic (exact) mass is 403 g/mol. The van der Waals surface area contributed by atoms with Gasteiger partial charge in [0.1, 0.15) is 5.69 Å². The minimum Gasteiger partial charge on any atom is -0.463 e. The highest BCUT2D eigenvalue weighted by Crippen LogP contribution is 2.27. The van der Waals surface area contributed by atoms with Gasteiger partial charge in [0.25, 0.3) is 11.8 Å². The topological polar surface area (TPSA) is 102 Å². The molecule has 4 rings (SSSR count). The number of rotatable bonds is 5. The van der Waals surface area contributed by atoms with Gasteiger partial charge in [0.15, 0.2) is 11.4 Å². The number of fused-ring (bicyclic) bond motifs is 1. The molecule has 3 heterocycles. The van der Waals surface area contributed by atoms with Gasteiger partial charge in [-0.25, -0.2) is 9.67 Å². The summed E-state index contributed by atoms with van der Waals surface area (Å²) in [6.45, 7) is 3.99. The van der Waals surface area contributed by atoms with Crippen LogP contribution in [0, 0.1) is 0 Å². The lowest BCUT2D eigenvalue weighted by molar-refractivity contribution is 0.0964. The summed E-state index contributed by atoms with van der Waals surface area (Å²) in [5.74, 6) is -0.0993. The highest BCUT2D eigenvalue weighted by atomic mass is 16.3. The Morgan fingerprint density at radius 3 is 2.57 bits per heavy atom. The zero-order valence-corrected chi connectivity index (χ0v) is 16.8. The summed E-state index contributed by atoms with van der Waals surface area (Å²) < 4.78 is 7.25. The second-order valence-electron chi connectivity index (χ2n) is 7.03. The van der Waals surface area contributed by atoms with Crippen molar-refractivity contribution in [2.75, 3.05) is 12.4 Å². The molecule has 0 aliphatic carbocycles. The number of benzene rings is 1. The summed E-state index contributed by atoms with van der Waals surface area (Å²) in [6.07, 6.45) is 3.19. The molecule has 2 N–H and O–H groups in total. The Bertz CT molecular complexity index is 1230. The standard InChI is InChI=1S/C22H21N5O3/c1-13(2)27-20-16(12-24-27)15(11-18(25-20)19-9-6-10-30-19)22(29)26-17-8-5-4-7-14(17)21(28)23-3/h4-13H,1-3H3,(H,23,28)(H,26,29). The molecule has 0 atom stereocenters. The number of aromatic nitrogens is 3. The fraction of sp³-hybridized carbons (Fsp3) is 0.182. The molecule has 0 radical (unpaired) electrons. The van der Waals surface area contributed by atoms with Gasteiger partial charge in [0.2, 0.25) is 0 Å². The Kier molecular flexibility index (Phi) is 5.05. The highest BCUT2D eigenvalue weighted by molar-refractivity contribution is 6.14. The molecule has 0 aliphatic heterocycles. The maximum Gasteiger partial charge on any atom is 0.256 e. The SMILES string of the molecule is CNC(=O)c1ccccc1NC(=O)c1cc(-c2ccco2)nc2c1cnn2C(C)C. The van der Waals surface area contributed by atoms with Crippen molar-refractivity contribution < 1.29 is 14.0 Å². The average molecular weight is 403 g/mol. The molecule has 0 aliphatic rings. The van der Waals surface area contributed by atoms with Crippen LogP contribution in [0.1, 0.15) is 40.6 Å². The molecule has 30 heavy (non-hydrogen) atoms. The first kappa shape index (κ1) is 19.4. The number of anilines is 1. The van der Waals surface area contributed by atoms with E-state index in [-0.39, 0.29) is 17.9 Å². The number of nitrogens with one attached hydrogen (secondary N) is 2. The second kappa shape index (κ2) is 7.82. The molecule has 8 nitrogen and oxygen atoms in total. The van der Waals surface area contributed by atoms with Crippen molar-refractivity contribution >= 4 is 28.5 Å². The summed E-state index contributed by atoms with van der Waals surface area (Å²) in [5, 5.41) is 10.5. The summed E-state index contributed by atoms with van der Waals surface area (Å²) in [4.78, 5) is 30.1. The lowest BCUT2D eigenvalue weighted by Crippen LogP contribution is -2.21. The fourth-order valence-corrected chi connectivity index (χ4v) is 3.25. The maximum absolute atomic E-state index is 13.3. The van der Waals surface area contributed by atoms with E-state index in [0.29, 0.717) is 39.3 Å². The van der Waals surface area contributed by atoms with Crippen LogP contribution in [0.15, 0.2) is 59.3 Å². The van der Waals surface area contributed by atoms with Crippen LogP contribution in [0.4, 0.5) is 5.69 Å². The van der Waals surface area contributed by atoms with Crippen LogP contribution in [-0.2, 0) is 0 Å². The van der Waals surface area contributed by atoms with Gasteiger partial charge in [-0.1, -0.05) is 12.1 Å². The van der Waals surface area contributed by atoms with Gasteiger partial charge in [-0.3, -0.25) is 9.59 Å². The van der Waals surface area contributed by atoms with E-state index in [0.717, 1.165) is 0 Å². The molecule has 0 saturated carbocycles. The van der Waals surface area contributed by atoms with Gasteiger partial charge in [-0.05, 0) is 44.2 Å². The number of nitrogens with zero attached hydrogens (tertiary/aromatic N) is 3. The number of pyridine rings is 1. The second-order valence-corrected chi connectivity index (χ2v) is 7.03. The maximum atomic E-state index is 13.3. The van der Waals surface area contributed by atoms with Gasteiger partial charge in [0.05, 0.1) is 34.7 Å². The van der Waals surface area contributed by atoms with Gasteiger partial charge >= 0.3 is 0 Å². The number of para-hydroxylation sites is 1. The van der Waals surface area contributed by atoms with Crippen molar-refractivity contribution in [1.29, 1.82) is 0 Å². The first-order valence-electron chi connectivity index (χ1n) is 9.54. The van der Waals surface area contributed by atoms with Crippen LogP contribution >= 0.6 is 0 Å². The highest BCUT2D eigenvalue weighted by Gasteiger charge is 2.20.